The lowest BCUT2D eigenvalue weighted by molar-refractivity contribution is 0.0729. The molecule has 8 heteroatoms. The molecule has 5 nitrogen and oxygen atoms in total. The summed E-state index contributed by atoms with van der Waals surface area (Å²) in [6.45, 7) is 2.09. The molecule has 0 N–H and O–H groups in total. The summed E-state index contributed by atoms with van der Waals surface area (Å²) in [6.07, 6.45) is 3.64. The quantitative estimate of drug-likeness (QED) is 0.487. The summed E-state index contributed by atoms with van der Waals surface area (Å²) < 4.78 is 17.1. The van der Waals surface area contributed by atoms with Crippen LogP contribution in [0.4, 0.5) is 4.39 Å². The Hall–Kier alpha value is -3.41. The molecule has 1 amide bonds. The van der Waals surface area contributed by atoms with E-state index in [4.69, 9.17) is 0 Å². The molecular weight excluding hydrogens is 389 g/mol. The summed E-state index contributed by atoms with van der Waals surface area (Å²) in [6, 6.07) is 13.0. The topological polar surface area (TPSA) is 51.0 Å². The molecule has 2 aromatic heterocycles. The lowest BCUT2D eigenvalue weighted by Gasteiger charge is -2.33. The van der Waals surface area contributed by atoms with Gasteiger partial charge in [-0.15, -0.1) is 0 Å². The van der Waals surface area contributed by atoms with Crippen molar-refractivity contribution < 1.29 is 9.18 Å². The highest BCUT2D eigenvalue weighted by Gasteiger charge is 2.43. The maximum absolute atomic E-state index is 15.3. The number of rotatable bonds is 3. The molecule has 0 radical (unpaired) electrons. The van der Waals surface area contributed by atoms with Gasteiger partial charge in [0.05, 0.1) is 16.8 Å². The van der Waals surface area contributed by atoms with Crippen LogP contribution in [0.2, 0.25) is 0 Å². The van der Waals surface area contributed by atoms with E-state index in [9.17, 15) is 4.79 Å². The minimum Gasteiger partial charge on any atom is -0.339 e. The number of fused-ring (bicyclic) bond motifs is 2. The zero-order chi connectivity index (χ0) is 21.9. The van der Waals surface area contributed by atoms with Gasteiger partial charge in [0.2, 0.25) is 0 Å². The number of halogens is 1. The number of hydrogen-bond donors (Lipinski definition) is 0. The predicted octanol–water partition coefficient (Wildman–Crippen LogP) is 2.12. The second-order valence-electron chi connectivity index (χ2n) is 8.68. The van der Waals surface area contributed by atoms with Crippen LogP contribution in [0, 0.1) is 12.7 Å². The van der Waals surface area contributed by atoms with Gasteiger partial charge in [0.25, 0.3) is 5.91 Å². The highest BCUT2D eigenvalue weighted by molar-refractivity contribution is 6.42. The molecule has 0 atom stereocenters. The van der Waals surface area contributed by atoms with Crippen molar-refractivity contribution in [3.8, 4) is 11.1 Å². The first-order valence-electron chi connectivity index (χ1n) is 10.3. The van der Waals surface area contributed by atoms with E-state index >= 15 is 4.39 Å². The maximum Gasteiger partial charge on any atom is 0.255 e. The fraction of sp³-hybridized carbons (Fsp3) is 0.174. The summed E-state index contributed by atoms with van der Waals surface area (Å²) in [7, 11) is 5.79. The van der Waals surface area contributed by atoms with Crippen LogP contribution < -0.4 is 0 Å². The second-order valence-corrected chi connectivity index (χ2v) is 8.68. The SMILES string of the molecule is BC1(B)c2ncccc2C(=O)N1Cc1c(C)cc(-c2ccc3nn(C)cc3c2)cc1F. The largest absolute Gasteiger partial charge is 0.339 e. The number of amides is 1. The molecule has 3 heterocycles. The van der Waals surface area contributed by atoms with E-state index in [0.29, 0.717) is 11.1 Å². The number of carbonyl (C=O) groups excluding carboxylic acids is 1. The lowest BCUT2D eigenvalue weighted by Crippen LogP contribution is -2.45. The second kappa shape index (κ2) is 6.80. The molecule has 0 saturated carbocycles. The molecule has 0 aliphatic carbocycles. The molecule has 2 aromatic carbocycles. The van der Waals surface area contributed by atoms with Crippen LogP contribution in [-0.2, 0) is 18.9 Å². The summed E-state index contributed by atoms with van der Waals surface area (Å²) in [5.74, 6) is -0.424. The zero-order valence-corrected chi connectivity index (χ0v) is 18.0. The van der Waals surface area contributed by atoms with Crippen LogP contribution in [-0.4, -0.2) is 41.3 Å². The van der Waals surface area contributed by atoms with Crippen molar-refractivity contribution in [2.75, 3.05) is 0 Å². The van der Waals surface area contributed by atoms with Crippen molar-refractivity contribution >= 4 is 32.5 Å². The Kier molecular flexibility index (Phi) is 4.29. The van der Waals surface area contributed by atoms with Gasteiger partial charge >= 0.3 is 0 Å². The molecule has 152 valence electrons. The highest BCUT2D eigenvalue weighted by atomic mass is 19.1. The summed E-state index contributed by atoms with van der Waals surface area (Å²) >= 11 is 0. The van der Waals surface area contributed by atoms with Gasteiger partial charge in [-0.3, -0.25) is 14.5 Å². The summed E-state index contributed by atoms with van der Waals surface area (Å²) in [5.41, 5.74) is 5.31. The number of nitrogens with zero attached hydrogens (tertiary/aromatic N) is 4. The van der Waals surface area contributed by atoms with E-state index < -0.39 is 5.34 Å². The molecule has 0 bridgehead atoms. The van der Waals surface area contributed by atoms with E-state index in [1.807, 2.05) is 60.1 Å². The Morgan fingerprint density at radius 1 is 1.13 bits per heavy atom. The van der Waals surface area contributed by atoms with Gasteiger partial charge in [-0.05, 0) is 53.9 Å². The molecule has 5 rings (SSSR count). The monoisotopic (exact) mass is 410 g/mol. The average molecular weight is 410 g/mol. The third-order valence-electron chi connectivity index (χ3n) is 6.22. The fourth-order valence-electron chi connectivity index (χ4n) is 4.49. The van der Waals surface area contributed by atoms with Crippen LogP contribution in [0.15, 0.2) is 54.9 Å². The Morgan fingerprint density at radius 2 is 1.94 bits per heavy atom. The Labute approximate surface area is 181 Å². The van der Waals surface area contributed by atoms with Crippen LogP contribution in [0.5, 0.6) is 0 Å². The van der Waals surface area contributed by atoms with Crippen molar-refractivity contribution in [3.63, 3.8) is 0 Å². The van der Waals surface area contributed by atoms with Crippen LogP contribution >= 0.6 is 0 Å². The summed E-state index contributed by atoms with van der Waals surface area (Å²) in [4.78, 5) is 19.1. The van der Waals surface area contributed by atoms with Gasteiger partial charge in [0.1, 0.15) is 21.5 Å². The standard InChI is InChI=1S/C23H21B2FN4O/c1-13-8-15(14-5-6-20-16(9-14)11-29(2)28-20)10-19(26)18(13)12-30-22(31)17-4-3-7-27-21(17)23(30,24)25/h3-11H,12,24-25H2,1-2H3. The van der Waals surface area contributed by atoms with Crippen LogP contribution in [0.25, 0.3) is 22.0 Å². The van der Waals surface area contributed by atoms with Crippen LogP contribution in [0.1, 0.15) is 27.2 Å². The normalized spacial score (nSPS) is 14.9. The molecule has 0 unspecified atom stereocenters. The molecule has 1 aliphatic heterocycles. The summed E-state index contributed by atoms with van der Waals surface area (Å²) in [5, 5.41) is 4.80. The zero-order valence-electron chi connectivity index (χ0n) is 18.0. The number of aryl methyl sites for hydroxylation is 2. The number of benzene rings is 2. The van der Waals surface area contributed by atoms with E-state index in [1.54, 1.807) is 34.0 Å². The minimum absolute atomic E-state index is 0.113. The van der Waals surface area contributed by atoms with Crippen molar-refractivity contribution in [1.29, 1.82) is 0 Å². The molecule has 4 aromatic rings. The maximum atomic E-state index is 15.3. The van der Waals surface area contributed by atoms with E-state index in [2.05, 4.69) is 10.1 Å². The number of carbonyl (C=O) groups is 1. The first-order chi connectivity index (χ1) is 14.8. The van der Waals surface area contributed by atoms with Gasteiger partial charge in [-0.2, -0.15) is 5.10 Å². The van der Waals surface area contributed by atoms with Crippen molar-refractivity contribution in [3.05, 3.63) is 83.1 Å². The number of aromatic nitrogens is 3. The lowest BCUT2D eigenvalue weighted by atomic mass is 9.59. The van der Waals surface area contributed by atoms with Gasteiger partial charge in [0.15, 0.2) is 0 Å². The van der Waals surface area contributed by atoms with Gasteiger partial charge in [-0.25, -0.2) is 4.39 Å². The molecular formula is C23H21B2FN4O. The van der Waals surface area contributed by atoms with Crippen LogP contribution in [0.3, 0.4) is 0 Å². The Morgan fingerprint density at radius 3 is 2.68 bits per heavy atom. The van der Waals surface area contributed by atoms with Crippen molar-refractivity contribution in [2.24, 2.45) is 7.05 Å². The third-order valence-corrected chi connectivity index (χ3v) is 6.22. The van der Waals surface area contributed by atoms with E-state index in [-0.39, 0.29) is 18.3 Å². The Balaban J connectivity index is 1.51. The van der Waals surface area contributed by atoms with Crippen molar-refractivity contribution in [1.82, 2.24) is 19.7 Å². The predicted molar refractivity (Wildman–Crippen MR) is 124 cm³/mol. The van der Waals surface area contributed by atoms with Gasteiger partial charge in [-0.1, -0.05) is 12.1 Å². The first kappa shape index (κ1) is 19.5. The van der Waals surface area contributed by atoms with Gasteiger partial charge in [0, 0.05) is 42.3 Å². The van der Waals surface area contributed by atoms with Gasteiger partial charge < -0.3 is 4.90 Å². The average Bonchev–Trinajstić information content (AvgIpc) is 3.19. The molecule has 0 saturated heterocycles. The third kappa shape index (κ3) is 3.05. The van der Waals surface area contributed by atoms with E-state index in [1.165, 1.54) is 0 Å². The highest BCUT2D eigenvalue weighted by Crippen LogP contribution is 2.36. The number of pyridine rings is 1. The molecule has 0 spiro atoms. The fourth-order valence-corrected chi connectivity index (χ4v) is 4.49. The minimum atomic E-state index is -0.601. The van der Waals surface area contributed by atoms with Crippen molar-refractivity contribution in [2.45, 2.75) is 18.8 Å². The molecule has 31 heavy (non-hydrogen) atoms. The smallest absolute Gasteiger partial charge is 0.255 e. The van der Waals surface area contributed by atoms with E-state index in [0.717, 1.165) is 33.3 Å². The Bertz CT molecular complexity index is 1340. The molecule has 0 fully saturated rings. The first-order valence-corrected chi connectivity index (χ1v) is 10.3. The number of hydrogen-bond acceptors (Lipinski definition) is 3. The molecule has 1 aliphatic rings.